The standard InChI is InChI=1S/C19H21BrN4O2/c1-12-10-14(5-6-15(12)20)24-9-8-16(19(24)26)22-17-7-4-13(11-21-17)18(25)23(2)3/h4-7,10-11,16H,8-9H2,1-3H3,(H,21,22). The number of hydrogen-bond donors (Lipinski definition) is 1. The van der Waals surface area contributed by atoms with Gasteiger partial charge in [0.25, 0.3) is 5.91 Å². The summed E-state index contributed by atoms with van der Waals surface area (Å²) in [4.78, 5) is 32.2. The number of halogens is 1. The Kier molecular flexibility index (Phi) is 5.27. The molecule has 0 saturated carbocycles. The fourth-order valence-electron chi connectivity index (χ4n) is 2.91. The van der Waals surface area contributed by atoms with Gasteiger partial charge in [-0.05, 0) is 49.2 Å². The lowest BCUT2D eigenvalue weighted by Crippen LogP contribution is -2.33. The Balaban J connectivity index is 1.69. The van der Waals surface area contributed by atoms with Crippen molar-refractivity contribution in [1.82, 2.24) is 9.88 Å². The fraction of sp³-hybridized carbons (Fsp3) is 0.316. The van der Waals surface area contributed by atoms with Crippen LogP contribution in [0.4, 0.5) is 11.5 Å². The van der Waals surface area contributed by atoms with Crippen molar-refractivity contribution in [2.45, 2.75) is 19.4 Å². The molecule has 136 valence electrons. The first-order chi connectivity index (χ1) is 12.4. The van der Waals surface area contributed by atoms with E-state index in [2.05, 4.69) is 26.2 Å². The molecule has 1 atom stereocenters. The number of hydrogen-bond acceptors (Lipinski definition) is 4. The number of amides is 2. The number of nitrogens with one attached hydrogen (secondary N) is 1. The molecule has 1 aromatic carbocycles. The second-order valence-electron chi connectivity index (χ2n) is 6.54. The highest BCUT2D eigenvalue weighted by Gasteiger charge is 2.32. The van der Waals surface area contributed by atoms with Crippen LogP contribution in [0.2, 0.25) is 0 Å². The second-order valence-corrected chi connectivity index (χ2v) is 7.39. The molecule has 1 aliphatic rings. The van der Waals surface area contributed by atoms with Crippen molar-refractivity contribution in [1.29, 1.82) is 0 Å². The van der Waals surface area contributed by atoms with E-state index in [1.165, 1.54) is 11.1 Å². The number of rotatable bonds is 4. The number of anilines is 2. The smallest absolute Gasteiger partial charge is 0.254 e. The minimum atomic E-state index is -0.318. The van der Waals surface area contributed by atoms with Gasteiger partial charge in [0.15, 0.2) is 0 Å². The number of pyridine rings is 1. The van der Waals surface area contributed by atoms with Gasteiger partial charge in [-0.25, -0.2) is 4.98 Å². The van der Waals surface area contributed by atoms with Gasteiger partial charge in [-0.15, -0.1) is 0 Å². The van der Waals surface area contributed by atoms with E-state index in [1.807, 2.05) is 25.1 Å². The summed E-state index contributed by atoms with van der Waals surface area (Å²) in [5.41, 5.74) is 2.51. The van der Waals surface area contributed by atoms with Crippen molar-refractivity contribution in [2.24, 2.45) is 0 Å². The first-order valence-corrected chi connectivity index (χ1v) is 9.18. The molecule has 1 unspecified atom stereocenters. The Morgan fingerprint density at radius 1 is 1.31 bits per heavy atom. The summed E-state index contributed by atoms with van der Waals surface area (Å²) in [6.45, 7) is 2.67. The summed E-state index contributed by atoms with van der Waals surface area (Å²) in [5, 5.41) is 3.18. The van der Waals surface area contributed by atoms with Crippen LogP contribution in [0.1, 0.15) is 22.3 Å². The highest BCUT2D eigenvalue weighted by Crippen LogP contribution is 2.27. The number of carbonyl (C=O) groups excluding carboxylic acids is 2. The molecule has 6 nitrogen and oxygen atoms in total. The van der Waals surface area contributed by atoms with Crippen LogP contribution in [-0.4, -0.2) is 48.4 Å². The van der Waals surface area contributed by atoms with Gasteiger partial charge in [0.1, 0.15) is 11.9 Å². The van der Waals surface area contributed by atoms with Gasteiger partial charge >= 0.3 is 0 Å². The predicted molar refractivity (Wildman–Crippen MR) is 106 cm³/mol. The molecule has 0 spiro atoms. The topological polar surface area (TPSA) is 65.5 Å². The molecule has 1 fully saturated rings. The Labute approximate surface area is 161 Å². The van der Waals surface area contributed by atoms with E-state index in [0.717, 1.165) is 15.7 Å². The minimum Gasteiger partial charge on any atom is -0.358 e. The zero-order chi connectivity index (χ0) is 18.8. The van der Waals surface area contributed by atoms with Crippen LogP contribution in [-0.2, 0) is 4.79 Å². The van der Waals surface area contributed by atoms with Gasteiger partial charge in [-0.1, -0.05) is 15.9 Å². The average molecular weight is 417 g/mol. The van der Waals surface area contributed by atoms with Crippen LogP contribution >= 0.6 is 15.9 Å². The summed E-state index contributed by atoms with van der Waals surface area (Å²) in [6.07, 6.45) is 2.23. The number of aryl methyl sites for hydroxylation is 1. The van der Waals surface area contributed by atoms with Gasteiger partial charge in [-0.3, -0.25) is 9.59 Å². The van der Waals surface area contributed by atoms with Crippen molar-refractivity contribution in [3.63, 3.8) is 0 Å². The molecule has 2 aromatic rings. The summed E-state index contributed by atoms with van der Waals surface area (Å²) in [5.74, 6) is 0.521. The monoisotopic (exact) mass is 416 g/mol. The van der Waals surface area contributed by atoms with Crippen LogP contribution in [0, 0.1) is 6.92 Å². The Bertz CT molecular complexity index is 836. The third kappa shape index (κ3) is 3.72. The molecular weight excluding hydrogens is 396 g/mol. The highest BCUT2D eigenvalue weighted by molar-refractivity contribution is 9.10. The molecule has 0 aliphatic carbocycles. The van der Waals surface area contributed by atoms with E-state index < -0.39 is 0 Å². The molecular formula is C19H21BrN4O2. The van der Waals surface area contributed by atoms with E-state index in [9.17, 15) is 9.59 Å². The molecule has 1 N–H and O–H groups in total. The minimum absolute atomic E-state index is 0.0296. The van der Waals surface area contributed by atoms with Crippen molar-refractivity contribution < 1.29 is 9.59 Å². The van der Waals surface area contributed by atoms with Gasteiger partial charge < -0.3 is 15.1 Å². The zero-order valence-corrected chi connectivity index (χ0v) is 16.6. The first-order valence-electron chi connectivity index (χ1n) is 8.38. The highest BCUT2D eigenvalue weighted by atomic mass is 79.9. The third-order valence-electron chi connectivity index (χ3n) is 4.40. The maximum Gasteiger partial charge on any atom is 0.254 e. The van der Waals surface area contributed by atoms with Crippen molar-refractivity contribution >= 4 is 39.2 Å². The van der Waals surface area contributed by atoms with Gasteiger partial charge in [0.2, 0.25) is 5.91 Å². The lowest BCUT2D eigenvalue weighted by atomic mass is 10.2. The molecule has 1 saturated heterocycles. The van der Waals surface area contributed by atoms with Crippen LogP contribution in [0.15, 0.2) is 41.0 Å². The Hall–Kier alpha value is -2.41. The van der Waals surface area contributed by atoms with Crippen LogP contribution in [0.3, 0.4) is 0 Å². The molecule has 0 bridgehead atoms. The fourth-order valence-corrected chi connectivity index (χ4v) is 3.16. The average Bonchev–Trinajstić information content (AvgIpc) is 2.98. The van der Waals surface area contributed by atoms with E-state index >= 15 is 0 Å². The molecule has 1 aliphatic heterocycles. The normalized spacial score (nSPS) is 16.7. The molecule has 3 rings (SSSR count). The van der Waals surface area contributed by atoms with Crippen molar-refractivity contribution in [3.8, 4) is 0 Å². The van der Waals surface area contributed by atoms with Crippen molar-refractivity contribution in [2.75, 3.05) is 30.9 Å². The largest absolute Gasteiger partial charge is 0.358 e. The zero-order valence-electron chi connectivity index (χ0n) is 15.0. The van der Waals surface area contributed by atoms with E-state index in [0.29, 0.717) is 24.3 Å². The molecule has 26 heavy (non-hydrogen) atoms. The lowest BCUT2D eigenvalue weighted by molar-refractivity contribution is -0.117. The van der Waals surface area contributed by atoms with Crippen LogP contribution in [0.5, 0.6) is 0 Å². The van der Waals surface area contributed by atoms with Gasteiger partial charge in [-0.2, -0.15) is 0 Å². The molecule has 7 heteroatoms. The molecule has 2 heterocycles. The maximum absolute atomic E-state index is 12.7. The number of nitrogens with zero attached hydrogens (tertiary/aromatic N) is 3. The number of carbonyl (C=O) groups is 2. The van der Waals surface area contributed by atoms with Crippen LogP contribution < -0.4 is 10.2 Å². The quantitative estimate of drug-likeness (QED) is 0.831. The summed E-state index contributed by atoms with van der Waals surface area (Å²) < 4.78 is 1.03. The van der Waals surface area contributed by atoms with E-state index in [-0.39, 0.29) is 17.9 Å². The van der Waals surface area contributed by atoms with Gasteiger partial charge in [0.05, 0.1) is 5.56 Å². The first kappa shape index (κ1) is 18.4. The van der Waals surface area contributed by atoms with E-state index in [1.54, 1.807) is 31.1 Å². The molecule has 1 aromatic heterocycles. The molecule has 0 radical (unpaired) electrons. The number of benzene rings is 1. The lowest BCUT2D eigenvalue weighted by Gasteiger charge is -2.18. The van der Waals surface area contributed by atoms with Gasteiger partial charge in [0, 0.05) is 37.0 Å². The summed E-state index contributed by atoms with van der Waals surface area (Å²) in [7, 11) is 3.40. The third-order valence-corrected chi connectivity index (χ3v) is 5.29. The second kappa shape index (κ2) is 7.45. The maximum atomic E-state index is 12.7. The summed E-state index contributed by atoms with van der Waals surface area (Å²) >= 11 is 3.48. The van der Waals surface area contributed by atoms with Crippen LogP contribution in [0.25, 0.3) is 0 Å². The SMILES string of the molecule is Cc1cc(N2CCC(Nc3ccc(C(=O)N(C)C)cn3)C2=O)ccc1Br. The number of aromatic nitrogens is 1. The van der Waals surface area contributed by atoms with E-state index in [4.69, 9.17) is 0 Å². The Morgan fingerprint density at radius 2 is 2.08 bits per heavy atom. The molecule has 2 amide bonds. The van der Waals surface area contributed by atoms with Crippen molar-refractivity contribution in [3.05, 3.63) is 52.1 Å². The predicted octanol–water partition coefficient (Wildman–Crippen LogP) is 3.07. The summed E-state index contributed by atoms with van der Waals surface area (Å²) in [6, 6.07) is 9.04. The Morgan fingerprint density at radius 3 is 2.69 bits per heavy atom.